The molecule has 0 bridgehead atoms. The van der Waals surface area contributed by atoms with Crippen LogP contribution in [0.25, 0.3) is 0 Å². The number of nitrogens with one attached hydrogen (secondary N) is 6. The van der Waals surface area contributed by atoms with Crippen LogP contribution in [0.4, 0.5) is 13.2 Å². The number of phenols is 3. The quantitative estimate of drug-likeness (QED) is 0.0245. The number of aromatic hydroxyl groups is 3. The summed E-state index contributed by atoms with van der Waals surface area (Å²) < 4.78 is 31.7. The predicted molar refractivity (Wildman–Crippen MR) is 263 cm³/mol. The zero-order chi connectivity index (χ0) is 56.6. The van der Waals surface area contributed by atoms with E-state index in [-0.39, 0.29) is 79.0 Å². The van der Waals surface area contributed by atoms with Crippen molar-refractivity contribution in [3.63, 3.8) is 0 Å². The molecule has 3 aromatic carbocycles. The first-order valence-electron chi connectivity index (χ1n) is 22.4. The molecule has 0 aromatic heterocycles. The molecule has 19 N–H and O–H groups in total. The van der Waals surface area contributed by atoms with Gasteiger partial charge in [-0.1, -0.05) is 62.0 Å². The number of nitrogens with zero attached hydrogens (tertiary/aromatic N) is 1. The number of aliphatic imine (C=N–C) groups is 1. The Labute approximate surface area is 430 Å². The molecule has 0 aliphatic carbocycles. The Bertz CT molecular complexity index is 2430. The lowest BCUT2D eigenvalue weighted by Gasteiger charge is -2.27. The Kier molecular flexibility index (Phi) is 25.7. The first kappa shape index (κ1) is 63.4. The molecule has 0 aliphatic rings. The highest BCUT2D eigenvalue weighted by atomic mass is 32.2. The van der Waals surface area contributed by atoms with E-state index in [9.17, 15) is 77.4 Å². The van der Waals surface area contributed by atoms with E-state index in [1.807, 2.05) is 0 Å². The molecular formula is C46H61F3N10O15S. The van der Waals surface area contributed by atoms with E-state index in [4.69, 9.17) is 27.1 Å². The third-order valence-corrected chi connectivity index (χ3v) is 11.3. The second-order valence-corrected chi connectivity index (χ2v) is 17.9. The zero-order valence-electron chi connectivity index (χ0n) is 40.4. The minimum Gasteiger partial charge on any atom is -0.508 e. The average Bonchev–Trinajstić information content (AvgIpc) is 3.36. The number of guanidine groups is 1. The van der Waals surface area contributed by atoms with Crippen molar-refractivity contribution in [1.82, 2.24) is 31.9 Å². The molecule has 75 heavy (non-hydrogen) atoms. The van der Waals surface area contributed by atoms with Gasteiger partial charge in [-0.2, -0.15) is 13.2 Å². The van der Waals surface area contributed by atoms with Gasteiger partial charge in [-0.15, -0.1) is 0 Å². The van der Waals surface area contributed by atoms with Gasteiger partial charge in [0.05, 0.1) is 13.2 Å². The van der Waals surface area contributed by atoms with Gasteiger partial charge in [-0.3, -0.25) is 38.6 Å². The van der Waals surface area contributed by atoms with Crippen LogP contribution in [0.3, 0.4) is 0 Å². The summed E-state index contributed by atoms with van der Waals surface area (Å²) in [5.41, 5.74) is 16.5. The van der Waals surface area contributed by atoms with Crippen LogP contribution in [0.15, 0.2) is 77.8 Å². The number of halogens is 3. The lowest BCUT2D eigenvalue weighted by molar-refractivity contribution is -0.192. The van der Waals surface area contributed by atoms with Crippen molar-refractivity contribution in [1.29, 1.82) is 0 Å². The lowest BCUT2D eigenvalue weighted by atomic mass is 9.87. The van der Waals surface area contributed by atoms with Gasteiger partial charge in [0.25, 0.3) is 0 Å². The van der Waals surface area contributed by atoms with Crippen LogP contribution >= 0.6 is 11.8 Å². The summed E-state index contributed by atoms with van der Waals surface area (Å²) in [6.07, 6.45) is -6.65. The van der Waals surface area contributed by atoms with E-state index in [2.05, 4.69) is 36.9 Å². The van der Waals surface area contributed by atoms with Crippen molar-refractivity contribution in [2.24, 2.45) is 27.6 Å². The number of carboxylic acid groups (broad SMARTS) is 1. The van der Waals surface area contributed by atoms with Gasteiger partial charge in [-0.25, -0.2) is 4.79 Å². The molecule has 0 saturated carbocycles. The number of alkyl halides is 3. The molecule has 0 spiro atoms. The van der Waals surface area contributed by atoms with Crippen LogP contribution in [-0.2, 0) is 38.4 Å². The number of hydrogen-bond donors (Lipinski definition) is 16. The number of nitrogens with two attached hydrogens (primary N) is 3. The van der Waals surface area contributed by atoms with E-state index in [0.717, 1.165) is 11.8 Å². The molecule has 0 aliphatic heterocycles. The van der Waals surface area contributed by atoms with Crippen molar-refractivity contribution in [2.75, 3.05) is 38.6 Å². The first-order valence-corrected chi connectivity index (χ1v) is 23.4. The first-order chi connectivity index (χ1) is 35.1. The van der Waals surface area contributed by atoms with Gasteiger partial charge in [-0.05, 0) is 65.9 Å². The number of aliphatic hydroxyl groups is 3. The topological polar surface area (TPSA) is 441 Å². The standard InChI is InChI=1S/C44H60N10O13S.C2HF3O2/c1-44(2,23-56)36(61)41(66)49-19-17-32(60)48-20-21-68-42(67)35(26-9-15-29(59)16-10-26)54-38(63)31(22-55)52-40(65)34(25-7-13-28(58)14-8-25)53-37(62)30(4-3-18-50-43(46)47)51-39(64)33(45)24-5-11-27(57)12-6-24;3-2(4,5)1(6)7/h5-16,30-31,33-36,55-59,61H,3-4,17-23,45H2,1-2H3,(H,48,60)(H,49,66)(H,51,64)(H,52,65)(H,53,62)(H,54,63)(H4,46,47,50);(H,6,7)/t30-,31-,33-,34+,35?,36-;/m0./s1. The predicted octanol–water partition coefficient (Wildman–Crippen LogP) is -1.57. The Hall–Kier alpha value is -7.73. The number of aliphatic hydroxyl groups excluding tert-OH is 3. The van der Waals surface area contributed by atoms with Crippen molar-refractivity contribution in [3.05, 3.63) is 89.5 Å². The zero-order valence-corrected chi connectivity index (χ0v) is 41.2. The Morgan fingerprint density at radius 2 is 1.12 bits per heavy atom. The molecule has 1 unspecified atom stereocenters. The third-order valence-electron chi connectivity index (χ3n) is 10.4. The molecule has 3 rings (SSSR count). The van der Waals surface area contributed by atoms with Crippen molar-refractivity contribution in [2.45, 2.75) is 75.6 Å². The van der Waals surface area contributed by atoms with Crippen LogP contribution in [-0.4, -0.2) is 151 Å². The minimum atomic E-state index is -5.08. The molecule has 6 amide bonds. The summed E-state index contributed by atoms with van der Waals surface area (Å²) in [6.45, 7) is 1.46. The van der Waals surface area contributed by atoms with Crippen LogP contribution in [0.2, 0.25) is 0 Å². The molecule has 412 valence electrons. The fourth-order valence-electron chi connectivity index (χ4n) is 6.06. The molecule has 6 atom stereocenters. The van der Waals surface area contributed by atoms with Crippen molar-refractivity contribution >= 4 is 64.2 Å². The maximum Gasteiger partial charge on any atom is 0.490 e. The fraction of sp³-hybridized carbons (Fsp3) is 0.413. The minimum absolute atomic E-state index is 0.0114. The van der Waals surface area contributed by atoms with E-state index in [0.29, 0.717) is 5.56 Å². The number of aliphatic carboxylic acids is 1. The number of rotatable bonds is 26. The smallest absolute Gasteiger partial charge is 0.490 e. The summed E-state index contributed by atoms with van der Waals surface area (Å²) in [7, 11) is 0. The van der Waals surface area contributed by atoms with Crippen LogP contribution in [0.1, 0.15) is 67.9 Å². The maximum atomic E-state index is 14.0. The summed E-state index contributed by atoms with van der Waals surface area (Å²) in [5.74, 6) is -8.38. The second-order valence-electron chi connectivity index (χ2n) is 16.8. The molecule has 25 nitrogen and oxygen atoms in total. The molecule has 0 heterocycles. The highest BCUT2D eigenvalue weighted by Gasteiger charge is 2.38. The van der Waals surface area contributed by atoms with Crippen LogP contribution in [0, 0.1) is 5.41 Å². The van der Waals surface area contributed by atoms with Crippen molar-refractivity contribution < 1.29 is 87.3 Å². The van der Waals surface area contributed by atoms with Gasteiger partial charge in [0.2, 0.25) is 40.6 Å². The van der Waals surface area contributed by atoms with E-state index in [1.165, 1.54) is 86.6 Å². The van der Waals surface area contributed by atoms with E-state index >= 15 is 0 Å². The van der Waals surface area contributed by atoms with Crippen LogP contribution < -0.4 is 49.1 Å². The van der Waals surface area contributed by atoms with Gasteiger partial charge < -0.3 is 84.8 Å². The number of hydrogen-bond acceptors (Lipinski definition) is 17. The molecular weight excluding hydrogens is 1020 g/mol. The summed E-state index contributed by atoms with van der Waals surface area (Å²) in [6, 6.07) is 8.44. The molecule has 0 fully saturated rings. The second kappa shape index (κ2) is 30.5. The number of carbonyl (C=O) groups excluding carboxylic acids is 7. The molecule has 0 saturated heterocycles. The summed E-state index contributed by atoms with van der Waals surface area (Å²) >= 11 is 0.722. The van der Waals surface area contributed by atoms with Gasteiger partial charge in [0.15, 0.2) is 5.96 Å². The van der Waals surface area contributed by atoms with Crippen LogP contribution in [0.5, 0.6) is 17.2 Å². The fourth-order valence-corrected chi connectivity index (χ4v) is 6.83. The number of carboxylic acids is 1. The van der Waals surface area contributed by atoms with Gasteiger partial charge in [0.1, 0.15) is 53.6 Å². The molecule has 0 radical (unpaired) electrons. The van der Waals surface area contributed by atoms with E-state index in [1.54, 1.807) is 0 Å². The van der Waals surface area contributed by atoms with Gasteiger partial charge >= 0.3 is 12.1 Å². The Balaban J connectivity index is 0.00000256. The number of phenolic OH excluding ortho intramolecular Hbond substituents is 3. The van der Waals surface area contributed by atoms with Gasteiger partial charge in [0, 0.05) is 37.2 Å². The highest BCUT2D eigenvalue weighted by Crippen LogP contribution is 2.24. The number of thioether (sulfide) groups is 1. The molecule has 29 heteroatoms. The monoisotopic (exact) mass is 1080 g/mol. The Morgan fingerprint density at radius 3 is 1.60 bits per heavy atom. The summed E-state index contributed by atoms with van der Waals surface area (Å²) in [4.78, 5) is 106. The Morgan fingerprint density at radius 1 is 0.653 bits per heavy atom. The summed E-state index contributed by atoms with van der Waals surface area (Å²) in [5, 5.41) is 80.9. The molecule has 3 aromatic rings. The SMILES string of the molecule is CC(C)(CO)[C@@H](O)C(=O)NCCC(=O)NCCSC(=O)C(NC(=O)[C@H](CO)NC(=O)[C@H](NC(=O)[C@H](CCCN=C(N)N)NC(=O)[C@@H](N)c1ccc(O)cc1)c1ccc(O)cc1)c1ccc(O)cc1.O=C(O)C(F)(F)F. The lowest BCUT2D eigenvalue weighted by Crippen LogP contribution is -2.55. The largest absolute Gasteiger partial charge is 0.508 e. The van der Waals surface area contributed by atoms with Crippen molar-refractivity contribution in [3.8, 4) is 17.2 Å². The highest BCUT2D eigenvalue weighted by molar-refractivity contribution is 8.13. The maximum absolute atomic E-state index is 14.0. The number of amides is 6. The third kappa shape index (κ3) is 22.1. The number of carbonyl (C=O) groups is 8. The number of benzene rings is 3. The van der Waals surface area contributed by atoms with E-state index < -0.39 is 108 Å². The normalized spacial score (nSPS) is 13.6. The average molecular weight is 1080 g/mol.